The first-order valence-corrected chi connectivity index (χ1v) is 6.90. The van der Waals surface area contributed by atoms with Gasteiger partial charge in [0.25, 0.3) is 0 Å². The summed E-state index contributed by atoms with van der Waals surface area (Å²) in [6, 6.07) is 8.05. The van der Waals surface area contributed by atoms with Gasteiger partial charge in [-0.2, -0.15) is 5.10 Å². The lowest BCUT2D eigenvalue weighted by Crippen LogP contribution is -2.33. The average Bonchev–Trinajstić information content (AvgIpc) is 2.71. The van der Waals surface area contributed by atoms with Gasteiger partial charge in [-0.05, 0) is 33.0 Å². The summed E-state index contributed by atoms with van der Waals surface area (Å²) in [5, 5.41) is 9.81. The zero-order chi connectivity index (χ0) is 14.7. The number of carbonyl (C=O) groups is 1. The second kappa shape index (κ2) is 6.00. The molecule has 2 aromatic rings. The Labute approximate surface area is 123 Å². The van der Waals surface area contributed by atoms with Gasteiger partial charge in [-0.15, -0.1) is 0 Å². The standard InChI is InChI=1S/C14H18N4OS/c1-9(2)15-12(19)8-18-13(16-17-14(18)20)11-6-4-10(3)5-7-11/h4-7,9H,8H2,1-3H3,(H,15,19)(H,17,20). The van der Waals surface area contributed by atoms with Crippen LogP contribution in [0, 0.1) is 11.7 Å². The van der Waals surface area contributed by atoms with E-state index < -0.39 is 0 Å². The summed E-state index contributed by atoms with van der Waals surface area (Å²) in [6.45, 7) is 6.04. The van der Waals surface area contributed by atoms with Crippen LogP contribution in [-0.2, 0) is 11.3 Å². The minimum Gasteiger partial charge on any atom is -0.352 e. The molecule has 1 aromatic carbocycles. The smallest absolute Gasteiger partial charge is 0.240 e. The van der Waals surface area contributed by atoms with E-state index in [4.69, 9.17) is 12.2 Å². The Hall–Kier alpha value is -1.95. The summed E-state index contributed by atoms with van der Waals surface area (Å²) in [7, 11) is 0. The zero-order valence-corrected chi connectivity index (χ0v) is 12.6. The van der Waals surface area contributed by atoms with E-state index in [-0.39, 0.29) is 18.5 Å². The zero-order valence-electron chi connectivity index (χ0n) is 11.8. The SMILES string of the molecule is Cc1ccc(-c2n[nH]c(=S)n2CC(=O)NC(C)C)cc1. The molecule has 2 N–H and O–H groups in total. The van der Waals surface area contributed by atoms with E-state index in [9.17, 15) is 4.79 Å². The van der Waals surface area contributed by atoms with Crippen molar-refractivity contribution >= 4 is 18.1 Å². The maximum atomic E-state index is 11.9. The lowest BCUT2D eigenvalue weighted by Gasteiger charge is -2.10. The number of hydrogen-bond acceptors (Lipinski definition) is 3. The highest BCUT2D eigenvalue weighted by atomic mass is 32.1. The molecule has 0 aliphatic rings. The van der Waals surface area contributed by atoms with Gasteiger partial charge in [0.1, 0.15) is 6.54 Å². The second-order valence-corrected chi connectivity index (χ2v) is 5.41. The van der Waals surface area contributed by atoms with Crippen molar-refractivity contribution in [3.8, 4) is 11.4 Å². The normalized spacial score (nSPS) is 10.8. The second-order valence-electron chi connectivity index (χ2n) is 5.03. The molecule has 0 aliphatic heterocycles. The van der Waals surface area contributed by atoms with E-state index >= 15 is 0 Å². The number of aryl methyl sites for hydroxylation is 1. The maximum absolute atomic E-state index is 11.9. The summed E-state index contributed by atoms with van der Waals surface area (Å²) < 4.78 is 2.15. The van der Waals surface area contributed by atoms with E-state index in [1.54, 1.807) is 4.57 Å². The van der Waals surface area contributed by atoms with Crippen molar-refractivity contribution in [2.24, 2.45) is 0 Å². The van der Waals surface area contributed by atoms with Gasteiger partial charge in [-0.3, -0.25) is 14.5 Å². The molecule has 1 heterocycles. The van der Waals surface area contributed by atoms with Gasteiger partial charge in [0, 0.05) is 11.6 Å². The molecule has 6 heteroatoms. The van der Waals surface area contributed by atoms with E-state index in [0.717, 1.165) is 5.56 Å². The number of carbonyl (C=O) groups excluding carboxylic acids is 1. The Morgan fingerprint density at radius 1 is 1.40 bits per heavy atom. The van der Waals surface area contributed by atoms with Crippen LogP contribution in [0.25, 0.3) is 11.4 Å². The number of nitrogens with zero attached hydrogens (tertiary/aromatic N) is 2. The fourth-order valence-electron chi connectivity index (χ4n) is 1.90. The predicted molar refractivity (Wildman–Crippen MR) is 80.9 cm³/mol. The summed E-state index contributed by atoms with van der Waals surface area (Å²) in [6.07, 6.45) is 0. The van der Waals surface area contributed by atoms with Crippen LogP contribution in [0.4, 0.5) is 0 Å². The topological polar surface area (TPSA) is 62.7 Å². The van der Waals surface area contributed by atoms with Gasteiger partial charge < -0.3 is 5.32 Å². The Bertz CT molecular complexity index is 655. The third-order valence-corrected chi connectivity index (χ3v) is 3.13. The summed E-state index contributed by atoms with van der Waals surface area (Å²) in [4.78, 5) is 11.9. The highest BCUT2D eigenvalue weighted by Crippen LogP contribution is 2.17. The minimum absolute atomic E-state index is 0.0779. The number of aromatic amines is 1. The van der Waals surface area contributed by atoms with Crippen molar-refractivity contribution in [3.63, 3.8) is 0 Å². The Morgan fingerprint density at radius 3 is 2.65 bits per heavy atom. The van der Waals surface area contributed by atoms with Crippen molar-refractivity contribution in [1.82, 2.24) is 20.1 Å². The molecule has 0 spiro atoms. The first-order chi connectivity index (χ1) is 9.47. The molecular formula is C14H18N4OS. The highest BCUT2D eigenvalue weighted by Gasteiger charge is 2.12. The van der Waals surface area contributed by atoms with Gasteiger partial charge >= 0.3 is 0 Å². The molecule has 2 rings (SSSR count). The molecular weight excluding hydrogens is 272 g/mol. The number of benzene rings is 1. The number of nitrogens with one attached hydrogen (secondary N) is 2. The number of amides is 1. The van der Waals surface area contributed by atoms with E-state index in [2.05, 4.69) is 15.5 Å². The van der Waals surface area contributed by atoms with Crippen LogP contribution in [0.5, 0.6) is 0 Å². The maximum Gasteiger partial charge on any atom is 0.240 e. The van der Waals surface area contributed by atoms with Gasteiger partial charge in [0.2, 0.25) is 5.91 Å². The largest absolute Gasteiger partial charge is 0.352 e. The molecule has 20 heavy (non-hydrogen) atoms. The first-order valence-electron chi connectivity index (χ1n) is 6.49. The van der Waals surface area contributed by atoms with Crippen molar-refractivity contribution < 1.29 is 4.79 Å². The quantitative estimate of drug-likeness (QED) is 0.850. The molecule has 0 fully saturated rings. The van der Waals surface area contributed by atoms with Crippen LogP contribution in [0.3, 0.4) is 0 Å². The van der Waals surface area contributed by atoms with Crippen molar-refractivity contribution in [2.45, 2.75) is 33.4 Å². The average molecular weight is 290 g/mol. The van der Waals surface area contributed by atoms with Gasteiger partial charge in [-0.25, -0.2) is 0 Å². The fourth-order valence-corrected chi connectivity index (χ4v) is 2.10. The lowest BCUT2D eigenvalue weighted by atomic mass is 10.1. The van der Waals surface area contributed by atoms with Crippen molar-refractivity contribution in [3.05, 3.63) is 34.6 Å². The molecule has 0 aliphatic carbocycles. The molecule has 5 nitrogen and oxygen atoms in total. The fraction of sp³-hybridized carbons (Fsp3) is 0.357. The van der Waals surface area contributed by atoms with Gasteiger partial charge in [0.05, 0.1) is 0 Å². The highest BCUT2D eigenvalue weighted by molar-refractivity contribution is 7.71. The Kier molecular flexibility index (Phi) is 4.34. The van der Waals surface area contributed by atoms with Crippen LogP contribution in [0.1, 0.15) is 19.4 Å². The molecule has 0 atom stereocenters. The van der Waals surface area contributed by atoms with Crippen LogP contribution in [-0.4, -0.2) is 26.7 Å². The monoisotopic (exact) mass is 290 g/mol. The van der Waals surface area contributed by atoms with Crippen molar-refractivity contribution in [1.29, 1.82) is 0 Å². The molecule has 0 saturated carbocycles. The summed E-state index contributed by atoms with van der Waals surface area (Å²) in [5.41, 5.74) is 2.10. The summed E-state index contributed by atoms with van der Waals surface area (Å²) in [5.74, 6) is 0.597. The van der Waals surface area contributed by atoms with Crippen LogP contribution >= 0.6 is 12.2 Å². The van der Waals surface area contributed by atoms with E-state index in [0.29, 0.717) is 10.6 Å². The third-order valence-electron chi connectivity index (χ3n) is 2.82. The molecule has 106 valence electrons. The summed E-state index contributed by atoms with van der Waals surface area (Å²) >= 11 is 5.20. The van der Waals surface area contributed by atoms with E-state index in [1.807, 2.05) is 45.0 Å². The number of aromatic nitrogens is 3. The number of rotatable bonds is 4. The number of hydrogen-bond donors (Lipinski definition) is 2. The lowest BCUT2D eigenvalue weighted by molar-refractivity contribution is -0.122. The first kappa shape index (κ1) is 14.5. The number of H-pyrrole nitrogens is 1. The van der Waals surface area contributed by atoms with Gasteiger partial charge in [-0.1, -0.05) is 29.8 Å². The van der Waals surface area contributed by atoms with Crippen molar-refractivity contribution in [2.75, 3.05) is 0 Å². The Balaban J connectivity index is 2.30. The molecule has 0 bridgehead atoms. The Morgan fingerprint density at radius 2 is 2.05 bits per heavy atom. The molecule has 1 aromatic heterocycles. The molecule has 0 saturated heterocycles. The third kappa shape index (κ3) is 3.33. The minimum atomic E-state index is -0.0779. The van der Waals surface area contributed by atoms with E-state index in [1.165, 1.54) is 5.56 Å². The van der Waals surface area contributed by atoms with Crippen LogP contribution < -0.4 is 5.32 Å². The van der Waals surface area contributed by atoms with Crippen LogP contribution in [0.2, 0.25) is 0 Å². The molecule has 1 amide bonds. The predicted octanol–water partition coefficient (Wildman–Crippen LogP) is 2.44. The molecule has 0 radical (unpaired) electrons. The van der Waals surface area contributed by atoms with Gasteiger partial charge in [0.15, 0.2) is 10.6 Å². The van der Waals surface area contributed by atoms with Crippen LogP contribution in [0.15, 0.2) is 24.3 Å². The molecule has 0 unspecified atom stereocenters.